The zero-order valence-electron chi connectivity index (χ0n) is 20.1. The number of aliphatic imine (C=N–C) groups is 1. The predicted molar refractivity (Wildman–Crippen MR) is 131 cm³/mol. The summed E-state index contributed by atoms with van der Waals surface area (Å²) in [5.74, 6) is -0.866. The van der Waals surface area contributed by atoms with Gasteiger partial charge in [-0.15, -0.1) is 0 Å². The smallest absolute Gasteiger partial charge is 0.229 e. The van der Waals surface area contributed by atoms with Crippen LogP contribution in [-0.4, -0.2) is 29.3 Å². The van der Waals surface area contributed by atoms with Crippen LogP contribution in [0.5, 0.6) is 5.75 Å². The molecule has 0 spiro atoms. The van der Waals surface area contributed by atoms with Crippen molar-refractivity contribution in [3.8, 4) is 5.75 Å². The third-order valence-corrected chi connectivity index (χ3v) is 3.85. The minimum atomic E-state index is -0.652. The second kappa shape index (κ2) is 16.0. The highest BCUT2D eigenvalue weighted by molar-refractivity contribution is 6.32. The van der Waals surface area contributed by atoms with Gasteiger partial charge in [0, 0.05) is 30.4 Å². The normalized spacial score (nSPS) is 10.8. The van der Waals surface area contributed by atoms with E-state index < -0.39 is 11.6 Å². The van der Waals surface area contributed by atoms with E-state index in [1.807, 2.05) is 54.5 Å². The number of methoxy groups -OCH3 is 1. The maximum atomic E-state index is 14.3. The quantitative estimate of drug-likeness (QED) is 0.412. The summed E-state index contributed by atoms with van der Waals surface area (Å²) in [5, 5.41) is 6.16. The Morgan fingerprint density at radius 3 is 2.44 bits per heavy atom. The molecule has 32 heavy (non-hydrogen) atoms. The lowest BCUT2D eigenvalue weighted by atomic mass is 10.2. The summed E-state index contributed by atoms with van der Waals surface area (Å²) in [5.41, 5.74) is 0.794. The van der Waals surface area contributed by atoms with E-state index in [2.05, 4.69) is 25.6 Å². The van der Waals surface area contributed by atoms with Gasteiger partial charge in [0.25, 0.3) is 0 Å². The first-order chi connectivity index (χ1) is 15.3. The minimum absolute atomic E-state index is 0.0403. The Hall–Kier alpha value is -2.74. The highest BCUT2D eigenvalue weighted by Crippen LogP contribution is 2.25. The lowest BCUT2D eigenvalue weighted by Crippen LogP contribution is -2.09. The van der Waals surface area contributed by atoms with Crippen molar-refractivity contribution in [1.82, 2.24) is 9.97 Å². The van der Waals surface area contributed by atoms with E-state index in [1.165, 1.54) is 13.3 Å². The van der Waals surface area contributed by atoms with Crippen LogP contribution in [0.3, 0.4) is 0 Å². The maximum Gasteiger partial charge on any atom is 0.229 e. The molecular weight excluding hydrogens is 436 g/mol. The molecule has 0 aliphatic rings. The summed E-state index contributed by atoms with van der Waals surface area (Å²) in [6.45, 7) is 13.7. The van der Waals surface area contributed by atoms with Crippen molar-refractivity contribution in [3.63, 3.8) is 0 Å². The lowest BCUT2D eigenvalue weighted by Gasteiger charge is -2.12. The summed E-state index contributed by atoms with van der Waals surface area (Å²) in [6.07, 6.45) is 4.92. The number of rotatable bonds is 8. The molecule has 0 fully saturated rings. The molecule has 0 saturated carbocycles. The third-order valence-electron chi connectivity index (χ3n) is 3.57. The Balaban J connectivity index is 0.00000227. The zero-order chi connectivity index (χ0) is 24.7. The number of nitrogens with one attached hydrogen (secondary N) is 2. The first-order valence-electron chi connectivity index (χ1n) is 10.6. The SMILES string of the molecule is C/C=C(\C=NC(C)C)Nc1ncc(Cl)c(NCc2cc(F)cc(OC)c2F)n1.CC.CC. The van der Waals surface area contributed by atoms with Crippen LogP contribution in [0.4, 0.5) is 20.5 Å². The molecule has 178 valence electrons. The van der Waals surface area contributed by atoms with E-state index in [9.17, 15) is 8.78 Å². The highest BCUT2D eigenvalue weighted by Gasteiger charge is 2.13. The van der Waals surface area contributed by atoms with Crippen molar-refractivity contribution in [1.29, 1.82) is 0 Å². The highest BCUT2D eigenvalue weighted by atomic mass is 35.5. The third kappa shape index (κ3) is 9.60. The summed E-state index contributed by atoms with van der Waals surface area (Å²) < 4.78 is 32.7. The molecule has 2 aromatic rings. The number of allylic oxidation sites excluding steroid dienone is 2. The van der Waals surface area contributed by atoms with Gasteiger partial charge in [-0.05, 0) is 26.8 Å². The Bertz CT molecular complexity index is 889. The summed E-state index contributed by atoms with van der Waals surface area (Å²) in [7, 11) is 1.27. The number of benzene rings is 1. The van der Waals surface area contributed by atoms with Crippen molar-refractivity contribution < 1.29 is 13.5 Å². The number of aromatic nitrogens is 2. The Morgan fingerprint density at radius 1 is 1.22 bits per heavy atom. The maximum absolute atomic E-state index is 14.3. The Morgan fingerprint density at radius 2 is 1.88 bits per heavy atom. The fourth-order valence-electron chi connectivity index (χ4n) is 2.16. The lowest BCUT2D eigenvalue weighted by molar-refractivity contribution is 0.380. The van der Waals surface area contributed by atoms with E-state index in [0.717, 1.165) is 12.1 Å². The summed E-state index contributed by atoms with van der Waals surface area (Å²) in [6, 6.07) is 2.22. The van der Waals surface area contributed by atoms with E-state index >= 15 is 0 Å². The number of anilines is 2. The Kier molecular flexibility index (Phi) is 14.6. The standard InChI is InChI=1S/C19H22ClF2N5O.2C2H6/c1-5-14(9-23-11(2)3)26-19-25-10-15(20)18(27-19)24-8-12-6-13(21)7-16(28-4)17(12)22;2*1-2/h5-7,9-11H,8H2,1-4H3,(H2,24,25,26,27);2*1-2H3/b14-5+,23-9?;;. The van der Waals surface area contributed by atoms with Gasteiger partial charge in [0.05, 0.1) is 19.0 Å². The molecular formula is C23H34ClF2N5O. The van der Waals surface area contributed by atoms with Gasteiger partial charge in [-0.3, -0.25) is 4.99 Å². The van der Waals surface area contributed by atoms with E-state index in [0.29, 0.717) is 5.70 Å². The monoisotopic (exact) mass is 469 g/mol. The zero-order valence-corrected chi connectivity index (χ0v) is 20.8. The van der Waals surface area contributed by atoms with Crippen LogP contribution in [0.15, 0.2) is 35.1 Å². The molecule has 0 aliphatic carbocycles. The van der Waals surface area contributed by atoms with Gasteiger partial charge in [0.15, 0.2) is 17.4 Å². The Labute approximate surface area is 195 Å². The fraction of sp³-hybridized carbons (Fsp3) is 0.435. The molecule has 0 aliphatic heterocycles. The van der Waals surface area contributed by atoms with Crippen LogP contribution in [0.1, 0.15) is 54.0 Å². The first kappa shape index (κ1) is 29.3. The molecule has 9 heteroatoms. The molecule has 0 unspecified atom stereocenters. The molecule has 0 amide bonds. The van der Waals surface area contributed by atoms with Gasteiger partial charge >= 0.3 is 0 Å². The molecule has 1 aromatic carbocycles. The van der Waals surface area contributed by atoms with Crippen LogP contribution in [-0.2, 0) is 6.54 Å². The average Bonchev–Trinajstić information content (AvgIpc) is 2.81. The van der Waals surface area contributed by atoms with Crippen LogP contribution >= 0.6 is 11.6 Å². The van der Waals surface area contributed by atoms with Gasteiger partial charge in [-0.2, -0.15) is 4.98 Å². The van der Waals surface area contributed by atoms with Crippen molar-refractivity contribution in [2.45, 2.75) is 61.1 Å². The van der Waals surface area contributed by atoms with Crippen LogP contribution in [0, 0.1) is 11.6 Å². The number of halogens is 3. The largest absolute Gasteiger partial charge is 0.494 e. The first-order valence-corrected chi connectivity index (χ1v) is 11.0. The van der Waals surface area contributed by atoms with E-state index in [4.69, 9.17) is 16.3 Å². The van der Waals surface area contributed by atoms with Crippen LogP contribution in [0.25, 0.3) is 0 Å². The van der Waals surface area contributed by atoms with Gasteiger partial charge in [0.1, 0.15) is 10.8 Å². The van der Waals surface area contributed by atoms with Crippen molar-refractivity contribution in [3.05, 3.63) is 52.3 Å². The predicted octanol–water partition coefficient (Wildman–Crippen LogP) is 6.88. The van der Waals surface area contributed by atoms with E-state index in [1.54, 1.807) is 6.21 Å². The molecule has 2 rings (SSSR count). The minimum Gasteiger partial charge on any atom is -0.494 e. The van der Waals surface area contributed by atoms with Crippen molar-refractivity contribution >= 4 is 29.6 Å². The number of hydrogen-bond donors (Lipinski definition) is 2. The van der Waals surface area contributed by atoms with Gasteiger partial charge < -0.3 is 15.4 Å². The second-order valence-corrected chi connectivity index (χ2v) is 6.47. The molecule has 1 aromatic heterocycles. The van der Waals surface area contributed by atoms with Gasteiger partial charge in [0.2, 0.25) is 5.95 Å². The average molecular weight is 470 g/mol. The molecule has 1 heterocycles. The molecule has 0 saturated heterocycles. The summed E-state index contributed by atoms with van der Waals surface area (Å²) >= 11 is 6.12. The molecule has 0 atom stereocenters. The fourth-order valence-corrected chi connectivity index (χ4v) is 2.32. The molecule has 0 radical (unpaired) electrons. The number of ether oxygens (including phenoxy) is 1. The van der Waals surface area contributed by atoms with Crippen LogP contribution < -0.4 is 15.4 Å². The van der Waals surface area contributed by atoms with E-state index in [-0.39, 0.29) is 40.7 Å². The second-order valence-electron chi connectivity index (χ2n) is 6.07. The van der Waals surface area contributed by atoms with Crippen molar-refractivity contribution in [2.24, 2.45) is 4.99 Å². The topological polar surface area (TPSA) is 71.4 Å². The van der Waals surface area contributed by atoms with Crippen molar-refractivity contribution in [2.75, 3.05) is 17.7 Å². The summed E-state index contributed by atoms with van der Waals surface area (Å²) in [4.78, 5) is 12.7. The number of nitrogens with zero attached hydrogens (tertiary/aromatic N) is 3. The molecule has 6 nitrogen and oxygen atoms in total. The number of hydrogen-bond acceptors (Lipinski definition) is 6. The molecule has 2 N–H and O–H groups in total. The van der Waals surface area contributed by atoms with Gasteiger partial charge in [-0.25, -0.2) is 13.8 Å². The molecule has 0 bridgehead atoms. The van der Waals surface area contributed by atoms with Gasteiger partial charge in [-0.1, -0.05) is 45.4 Å². The van der Waals surface area contributed by atoms with Crippen LogP contribution in [0.2, 0.25) is 5.02 Å².